The Kier molecular flexibility index (Phi) is 1.77. The van der Waals surface area contributed by atoms with Crippen LogP contribution in [0.15, 0.2) is 30.3 Å². The molecule has 0 saturated heterocycles. The monoisotopic (exact) mass is 173 g/mol. The Morgan fingerprint density at radius 1 is 1.23 bits per heavy atom. The Balaban J connectivity index is 2.77. The number of aromatic nitrogens is 1. The smallest absolute Gasteiger partial charge is 0.124 e. The van der Waals surface area contributed by atoms with Gasteiger partial charge in [0.05, 0.1) is 5.52 Å². The molecule has 0 aliphatic heterocycles. The molecule has 0 aliphatic rings. The van der Waals surface area contributed by atoms with Crippen molar-refractivity contribution in [3.05, 3.63) is 30.3 Å². The molecule has 0 radical (unpaired) electrons. The zero-order valence-corrected chi connectivity index (χ0v) is 7.41. The van der Waals surface area contributed by atoms with Crippen LogP contribution in [0.1, 0.15) is 0 Å². The third kappa shape index (κ3) is 1.28. The second-order valence-electron chi connectivity index (χ2n) is 2.86. The van der Waals surface area contributed by atoms with Gasteiger partial charge in [0.2, 0.25) is 0 Å². The Morgan fingerprint density at radius 3 is 2.85 bits per heavy atom. The molecule has 1 heterocycles. The Labute approximate surface area is 76.6 Å². The van der Waals surface area contributed by atoms with Crippen LogP contribution in [0.3, 0.4) is 0 Å². The molecule has 0 aliphatic carbocycles. The zero-order valence-electron chi connectivity index (χ0n) is 7.41. The molecule has 66 valence electrons. The number of rotatable bonds is 1. The van der Waals surface area contributed by atoms with Gasteiger partial charge in [-0.25, -0.2) is 4.98 Å². The van der Waals surface area contributed by atoms with Crippen LogP contribution >= 0.6 is 0 Å². The van der Waals surface area contributed by atoms with Gasteiger partial charge in [-0.2, -0.15) is 0 Å². The highest BCUT2D eigenvalue weighted by Gasteiger charge is 1.99. The summed E-state index contributed by atoms with van der Waals surface area (Å²) in [4.78, 5) is 4.22. The number of hydrogen-bond acceptors (Lipinski definition) is 3. The van der Waals surface area contributed by atoms with Crippen molar-refractivity contribution in [3.8, 4) is 0 Å². The van der Waals surface area contributed by atoms with E-state index in [1.807, 2.05) is 37.4 Å². The van der Waals surface area contributed by atoms with Crippen LogP contribution in [-0.4, -0.2) is 12.0 Å². The molecule has 0 fully saturated rings. The molecule has 0 spiro atoms. The first-order valence-electron chi connectivity index (χ1n) is 4.14. The fraction of sp³-hybridized carbons (Fsp3) is 0.100. The van der Waals surface area contributed by atoms with Crippen molar-refractivity contribution in [1.82, 2.24) is 4.98 Å². The SMILES string of the molecule is CNc1cccc2nc(N)ccc12. The van der Waals surface area contributed by atoms with Gasteiger partial charge in [-0.1, -0.05) is 6.07 Å². The van der Waals surface area contributed by atoms with Gasteiger partial charge in [-0.3, -0.25) is 0 Å². The van der Waals surface area contributed by atoms with Gasteiger partial charge >= 0.3 is 0 Å². The Hall–Kier alpha value is -1.77. The lowest BCUT2D eigenvalue weighted by molar-refractivity contribution is 1.41. The number of hydrogen-bond donors (Lipinski definition) is 2. The van der Waals surface area contributed by atoms with Crippen LogP contribution in [0.4, 0.5) is 11.5 Å². The van der Waals surface area contributed by atoms with E-state index in [2.05, 4.69) is 10.3 Å². The van der Waals surface area contributed by atoms with Crippen molar-refractivity contribution >= 4 is 22.4 Å². The summed E-state index contributed by atoms with van der Waals surface area (Å²) in [6, 6.07) is 9.71. The van der Waals surface area contributed by atoms with Crippen molar-refractivity contribution in [2.75, 3.05) is 18.1 Å². The minimum Gasteiger partial charge on any atom is -0.388 e. The van der Waals surface area contributed by atoms with E-state index in [9.17, 15) is 0 Å². The summed E-state index contributed by atoms with van der Waals surface area (Å²) in [7, 11) is 1.89. The molecule has 0 saturated carbocycles. The fourth-order valence-corrected chi connectivity index (χ4v) is 1.39. The van der Waals surface area contributed by atoms with E-state index >= 15 is 0 Å². The van der Waals surface area contributed by atoms with E-state index in [0.29, 0.717) is 5.82 Å². The van der Waals surface area contributed by atoms with E-state index < -0.39 is 0 Å². The Bertz CT molecular complexity index is 437. The maximum absolute atomic E-state index is 5.58. The van der Waals surface area contributed by atoms with E-state index in [0.717, 1.165) is 16.6 Å². The normalized spacial score (nSPS) is 10.2. The molecule has 13 heavy (non-hydrogen) atoms. The topological polar surface area (TPSA) is 50.9 Å². The third-order valence-electron chi connectivity index (χ3n) is 2.02. The zero-order chi connectivity index (χ0) is 9.26. The lowest BCUT2D eigenvalue weighted by Gasteiger charge is -2.04. The molecule has 1 aromatic carbocycles. The van der Waals surface area contributed by atoms with Gasteiger partial charge < -0.3 is 11.1 Å². The van der Waals surface area contributed by atoms with Gasteiger partial charge in [0, 0.05) is 18.1 Å². The van der Waals surface area contributed by atoms with Gasteiger partial charge in [0.25, 0.3) is 0 Å². The second-order valence-corrected chi connectivity index (χ2v) is 2.86. The molecular weight excluding hydrogens is 162 g/mol. The molecule has 0 atom stereocenters. The van der Waals surface area contributed by atoms with Crippen LogP contribution < -0.4 is 11.1 Å². The molecule has 0 amide bonds. The molecule has 2 aromatic rings. The van der Waals surface area contributed by atoms with Crippen LogP contribution in [0.25, 0.3) is 10.9 Å². The maximum atomic E-state index is 5.58. The summed E-state index contributed by atoms with van der Waals surface area (Å²) in [5.41, 5.74) is 7.58. The number of anilines is 2. The largest absolute Gasteiger partial charge is 0.388 e. The van der Waals surface area contributed by atoms with Crippen LogP contribution in [0.2, 0.25) is 0 Å². The highest BCUT2D eigenvalue weighted by Crippen LogP contribution is 2.21. The maximum Gasteiger partial charge on any atom is 0.124 e. The van der Waals surface area contributed by atoms with Crippen molar-refractivity contribution in [2.24, 2.45) is 0 Å². The predicted molar refractivity (Wildman–Crippen MR) is 55.7 cm³/mol. The summed E-state index contributed by atoms with van der Waals surface area (Å²) in [5.74, 6) is 0.556. The minimum absolute atomic E-state index is 0.556. The number of fused-ring (bicyclic) bond motifs is 1. The van der Waals surface area contributed by atoms with E-state index in [1.165, 1.54) is 0 Å². The number of nitrogens with one attached hydrogen (secondary N) is 1. The molecule has 0 bridgehead atoms. The average molecular weight is 173 g/mol. The van der Waals surface area contributed by atoms with Crippen LogP contribution in [-0.2, 0) is 0 Å². The molecule has 3 heteroatoms. The third-order valence-corrected chi connectivity index (χ3v) is 2.02. The average Bonchev–Trinajstić information content (AvgIpc) is 2.16. The van der Waals surface area contributed by atoms with E-state index in [1.54, 1.807) is 0 Å². The minimum atomic E-state index is 0.556. The first kappa shape index (κ1) is 7.86. The molecule has 0 unspecified atom stereocenters. The van der Waals surface area contributed by atoms with Crippen molar-refractivity contribution in [1.29, 1.82) is 0 Å². The highest BCUT2D eigenvalue weighted by molar-refractivity contribution is 5.91. The van der Waals surface area contributed by atoms with E-state index in [-0.39, 0.29) is 0 Å². The number of nitrogens with two attached hydrogens (primary N) is 1. The van der Waals surface area contributed by atoms with Gasteiger partial charge in [0.1, 0.15) is 5.82 Å². The molecule has 2 rings (SSSR count). The molecule has 3 N–H and O–H groups in total. The van der Waals surface area contributed by atoms with Crippen molar-refractivity contribution in [3.63, 3.8) is 0 Å². The molecule has 1 aromatic heterocycles. The second kappa shape index (κ2) is 2.94. The summed E-state index contributed by atoms with van der Waals surface area (Å²) >= 11 is 0. The number of pyridine rings is 1. The Morgan fingerprint density at radius 2 is 2.08 bits per heavy atom. The van der Waals surface area contributed by atoms with Gasteiger partial charge in [-0.15, -0.1) is 0 Å². The first-order valence-corrected chi connectivity index (χ1v) is 4.14. The molecule has 3 nitrogen and oxygen atoms in total. The number of nitrogen functional groups attached to an aromatic ring is 1. The quantitative estimate of drug-likeness (QED) is 0.692. The predicted octanol–water partition coefficient (Wildman–Crippen LogP) is 1.86. The summed E-state index contributed by atoms with van der Waals surface area (Å²) in [6.07, 6.45) is 0. The number of benzene rings is 1. The lowest BCUT2D eigenvalue weighted by Crippen LogP contribution is -1.93. The fourth-order valence-electron chi connectivity index (χ4n) is 1.39. The van der Waals surface area contributed by atoms with Crippen LogP contribution in [0, 0.1) is 0 Å². The van der Waals surface area contributed by atoms with E-state index in [4.69, 9.17) is 5.73 Å². The van der Waals surface area contributed by atoms with Crippen LogP contribution in [0.5, 0.6) is 0 Å². The lowest BCUT2D eigenvalue weighted by atomic mass is 10.2. The van der Waals surface area contributed by atoms with Crippen molar-refractivity contribution < 1.29 is 0 Å². The summed E-state index contributed by atoms with van der Waals surface area (Å²) < 4.78 is 0. The summed E-state index contributed by atoms with van der Waals surface area (Å²) in [5, 5.41) is 4.21. The first-order chi connectivity index (χ1) is 6.31. The highest BCUT2D eigenvalue weighted by atomic mass is 14.9. The standard InChI is InChI=1S/C10H11N3/c1-12-8-3-2-4-9-7(8)5-6-10(11)13-9/h2-6,12H,1H3,(H2,11,13). The van der Waals surface area contributed by atoms with Gasteiger partial charge in [0.15, 0.2) is 0 Å². The summed E-state index contributed by atoms with van der Waals surface area (Å²) in [6.45, 7) is 0. The van der Waals surface area contributed by atoms with Crippen molar-refractivity contribution in [2.45, 2.75) is 0 Å². The molecular formula is C10H11N3. The number of nitrogens with zero attached hydrogens (tertiary/aromatic N) is 1. The van der Waals surface area contributed by atoms with Gasteiger partial charge in [-0.05, 0) is 24.3 Å².